The first kappa shape index (κ1) is 21.2. The predicted molar refractivity (Wildman–Crippen MR) is 125 cm³/mol. The number of hydrogen-bond acceptors (Lipinski definition) is 4. The minimum Gasteiger partial charge on any atom is -0.467 e. The molecule has 5 nitrogen and oxygen atoms in total. The van der Waals surface area contributed by atoms with Crippen LogP contribution in [0.1, 0.15) is 28.4 Å². The fourth-order valence-electron chi connectivity index (χ4n) is 3.98. The number of methoxy groups -OCH3 is 1. The number of esters is 1. The van der Waals surface area contributed by atoms with Crippen molar-refractivity contribution < 1.29 is 14.3 Å². The van der Waals surface area contributed by atoms with Crippen LogP contribution in [0.25, 0.3) is 22.2 Å². The topological polar surface area (TPSA) is 68.3 Å². The molecule has 0 aliphatic carbocycles. The van der Waals surface area contributed by atoms with Crippen molar-refractivity contribution in [2.24, 2.45) is 0 Å². The van der Waals surface area contributed by atoms with E-state index in [1.807, 2.05) is 79.7 Å². The van der Waals surface area contributed by atoms with Gasteiger partial charge in [-0.2, -0.15) is 0 Å². The molecule has 0 aliphatic heterocycles. The Morgan fingerprint density at radius 3 is 2.12 bits per heavy atom. The monoisotopic (exact) mass is 424 g/mol. The molecule has 1 aromatic heterocycles. The van der Waals surface area contributed by atoms with Gasteiger partial charge in [0, 0.05) is 10.9 Å². The van der Waals surface area contributed by atoms with E-state index in [-0.39, 0.29) is 5.91 Å². The molecule has 3 aromatic carbocycles. The molecule has 1 unspecified atom stereocenters. The fraction of sp³-hybridized carbons (Fsp3) is 0.148. The van der Waals surface area contributed by atoms with Crippen molar-refractivity contribution in [2.75, 3.05) is 7.11 Å². The maximum Gasteiger partial charge on any atom is 0.336 e. The number of fused-ring (bicyclic) bond motifs is 1. The van der Waals surface area contributed by atoms with E-state index < -0.39 is 11.5 Å². The van der Waals surface area contributed by atoms with E-state index in [2.05, 4.69) is 5.32 Å². The van der Waals surface area contributed by atoms with Gasteiger partial charge in [0.2, 0.25) is 0 Å². The second-order valence-corrected chi connectivity index (χ2v) is 7.78. The third-order valence-corrected chi connectivity index (χ3v) is 5.72. The molecule has 1 N–H and O–H groups in total. The van der Waals surface area contributed by atoms with Crippen molar-refractivity contribution in [1.29, 1.82) is 0 Å². The summed E-state index contributed by atoms with van der Waals surface area (Å²) in [5.74, 6) is -0.911. The second-order valence-electron chi connectivity index (χ2n) is 7.78. The summed E-state index contributed by atoms with van der Waals surface area (Å²) in [5.41, 5.74) is 2.88. The molecular formula is C27H24N2O3. The van der Waals surface area contributed by atoms with Crippen LogP contribution in [0.15, 0.2) is 84.9 Å². The zero-order valence-electron chi connectivity index (χ0n) is 18.3. The molecule has 0 radical (unpaired) electrons. The maximum absolute atomic E-state index is 13.7. The van der Waals surface area contributed by atoms with Crippen LogP contribution in [0.3, 0.4) is 0 Å². The number of benzene rings is 3. The first-order valence-electron chi connectivity index (χ1n) is 10.4. The minimum atomic E-state index is -1.35. The zero-order chi connectivity index (χ0) is 22.7. The fourth-order valence-corrected chi connectivity index (χ4v) is 3.98. The highest BCUT2D eigenvalue weighted by Crippen LogP contribution is 2.31. The Bertz CT molecular complexity index is 1290. The number of ether oxygens (including phenoxy) is 1. The highest BCUT2D eigenvalue weighted by atomic mass is 16.5. The highest BCUT2D eigenvalue weighted by Gasteiger charge is 2.39. The maximum atomic E-state index is 13.7. The van der Waals surface area contributed by atoms with E-state index in [4.69, 9.17) is 9.72 Å². The number of rotatable bonds is 5. The number of nitrogens with zero attached hydrogens (tertiary/aromatic N) is 1. The molecule has 4 rings (SSSR count). The van der Waals surface area contributed by atoms with Crippen molar-refractivity contribution in [3.8, 4) is 11.3 Å². The van der Waals surface area contributed by atoms with E-state index in [0.29, 0.717) is 16.6 Å². The summed E-state index contributed by atoms with van der Waals surface area (Å²) in [6, 6.07) is 26.4. The number of para-hydroxylation sites is 1. The summed E-state index contributed by atoms with van der Waals surface area (Å²) in [5, 5.41) is 3.67. The number of nitrogens with one attached hydrogen (secondary N) is 1. The van der Waals surface area contributed by atoms with E-state index in [9.17, 15) is 9.59 Å². The molecule has 1 amide bonds. The molecule has 1 atom stereocenters. The molecular weight excluding hydrogens is 400 g/mol. The number of carbonyl (C=O) groups excluding carboxylic acids is 2. The molecule has 0 bridgehead atoms. The van der Waals surface area contributed by atoms with Gasteiger partial charge in [0.15, 0.2) is 5.54 Å². The Morgan fingerprint density at radius 1 is 0.875 bits per heavy atom. The lowest BCUT2D eigenvalue weighted by Crippen LogP contribution is -2.50. The van der Waals surface area contributed by atoms with Gasteiger partial charge in [-0.05, 0) is 31.0 Å². The molecule has 0 aliphatic rings. The normalized spacial score (nSPS) is 12.7. The van der Waals surface area contributed by atoms with Gasteiger partial charge in [-0.1, -0.05) is 78.9 Å². The van der Waals surface area contributed by atoms with Gasteiger partial charge in [-0.15, -0.1) is 0 Å². The van der Waals surface area contributed by atoms with Gasteiger partial charge in [-0.3, -0.25) is 4.79 Å². The Hall–Kier alpha value is -3.99. The summed E-state index contributed by atoms with van der Waals surface area (Å²) in [7, 11) is 1.32. The van der Waals surface area contributed by atoms with Crippen LogP contribution in [0.2, 0.25) is 0 Å². The third-order valence-electron chi connectivity index (χ3n) is 5.72. The van der Waals surface area contributed by atoms with Gasteiger partial charge >= 0.3 is 5.97 Å². The Labute approximate surface area is 187 Å². The molecule has 0 fully saturated rings. The molecule has 160 valence electrons. The largest absolute Gasteiger partial charge is 0.467 e. The van der Waals surface area contributed by atoms with Crippen LogP contribution in [0.5, 0.6) is 0 Å². The average molecular weight is 425 g/mol. The van der Waals surface area contributed by atoms with Crippen LogP contribution >= 0.6 is 0 Å². The van der Waals surface area contributed by atoms with Crippen molar-refractivity contribution in [3.63, 3.8) is 0 Å². The van der Waals surface area contributed by atoms with Gasteiger partial charge < -0.3 is 10.1 Å². The average Bonchev–Trinajstić information content (AvgIpc) is 2.84. The lowest BCUT2D eigenvalue weighted by molar-refractivity contribution is -0.148. The van der Waals surface area contributed by atoms with Crippen LogP contribution in [-0.4, -0.2) is 24.0 Å². The lowest BCUT2D eigenvalue weighted by Gasteiger charge is -2.29. The molecule has 0 saturated carbocycles. The van der Waals surface area contributed by atoms with E-state index in [0.717, 1.165) is 22.2 Å². The Morgan fingerprint density at radius 2 is 1.47 bits per heavy atom. The van der Waals surface area contributed by atoms with Crippen LogP contribution in [-0.2, 0) is 15.1 Å². The van der Waals surface area contributed by atoms with Crippen molar-refractivity contribution in [2.45, 2.75) is 19.4 Å². The summed E-state index contributed by atoms with van der Waals surface area (Å²) in [6.45, 7) is 3.54. The summed E-state index contributed by atoms with van der Waals surface area (Å²) in [4.78, 5) is 31.3. The molecule has 0 saturated heterocycles. The van der Waals surface area contributed by atoms with E-state index in [1.54, 1.807) is 19.1 Å². The number of hydrogen-bond donors (Lipinski definition) is 1. The minimum absolute atomic E-state index is 0.366. The summed E-state index contributed by atoms with van der Waals surface area (Å²) >= 11 is 0. The number of pyridine rings is 1. The third kappa shape index (κ3) is 3.73. The zero-order valence-corrected chi connectivity index (χ0v) is 18.3. The second kappa shape index (κ2) is 8.63. The summed E-state index contributed by atoms with van der Waals surface area (Å²) in [6.07, 6.45) is 0. The smallest absolute Gasteiger partial charge is 0.336 e. The van der Waals surface area contributed by atoms with Gasteiger partial charge in [0.05, 0.1) is 23.9 Å². The van der Waals surface area contributed by atoms with E-state index >= 15 is 0 Å². The van der Waals surface area contributed by atoms with Gasteiger partial charge in [0.25, 0.3) is 5.91 Å². The molecule has 32 heavy (non-hydrogen) atoms. The first-order valence-corrected chi connectivity index (χ1v) is 10.4. The lowest BCUT2D eigenvalue weighted by atomic mass is 9.90. The molecule has 1 heterocycles. The standard InChI is InChI=1S/C27H24N2O3/c1-18-23(25(30)29-27(2,26(31)32-3)20-14-8-5-9-15-20)21-16-10-11-17-22(21)28-24(18)19-12-6-4-7-13-19/h4-17H,1-3H3,(H,29,30). The molecule has 0 spiro atoms. The van der Waals surface area contributed by atoms with Gasteiger partial charge in [-0.25, -0.2) is 9.78 Å². The number of amides is 1. The van der Waals surface area contributed by atoms with Gasteiger partial charge in [0.1, 0.15) is 0 Å². The highest BCUT2D eigenvalue weighted by molar-refractivity contribution is 6.10. The van der Waals surface area contributed by atoms with Crippen molar-refractivity contribution in [1.82, 2.24) is 10.3 Å². The predicted octanol–water partition coefficient (Wildman–Crippen LogP) is 5.03. The van der Waals surface area contributed by atoms with Crippen LogP contribution < -0.4 is 5.32 Å². The van der Waals surface area contributed by atoms with Crippen molar-refractivity contribution >= 4 is 22.8 Å². The summed E-state index contributed by atoms with van der Waals surface area (Å²) < 4.78 is 5.05. The van der Waals surface area contributed by atoms with E-state index in [1.165, 1.54) is 7.11 Å². The van der Waals surface area contributed by atoms with Crippen molar-refractivity contribution in [3.05, 3.63) is 102 Å². The SMILES string of the molecule is COC(=O)C(C)(NC(=O)c1c(C)c(-c2ccccc2)nc2ccccc12)c1ccccc1. The number of aromatic nitrogens is 1. The Kier molecular flexibility index (Phi) is 5.73. The molecule has 5 heteroatoms. The van der Waals surface area contributed by atoms with Crippen LogP contribution in [0.4, 0.5) is 0 Å². The quantitative estimate of drug-likeness (QED) is 0.456. The Balaban J connectivity index is 1.88. The number of carbonyl (C=O) groups is 2. The van der Waals surface area contributed by atoms with Crippen LogP contribution in [0, 0.1) is 6.92 Å². The first-order chi connectivity index (χ1) is 15.5. The molecule has 4 aromatic rings.